The summed E-state index contributed by atoms with van der Waals surface area (Å²) in [5.41, 5.74) is 1.29. The minimum atomic E-state index is 0.347. The number of benzene rings is 1. The molecule has 0 aliphatic heterocycles. The lowest BCUT2D eigenvalue weighted by molar-refractivity contribution is 0.104. The first kappa shape index (κ1) is 13.4. The van der Waals surface area contributed by atoms with Crippen LogP contribution in [-0.2, 0) is 0 Å². The van der Waals surface area contributed by atoms with Crippen molar-refractivity contribution in [1.29, 1.82) is 0 Å². The van der Waals surface area contributed by atoms with E-state index in [0.29, 0.717) is 17.8 Å². The molecule has 3 unspecified atom stereocenters. The summed E-state index contributed by atoms with van der Waals surface area (Å²) in [6.07, 6.45) is 5.43. The molecule has 0 saturated heterocycles. The van der Waals surface area contributed by atoms with Gasteiger partial charge in [0.1, 0.15) is 5.75 Å². The molecule has 100 valence electrons. The molecule has 1 N–H and O–H groups in total. The van der Waals surface area contributed by atoms with Crippen LogP contribution >= 0.6 is 0 Å². The lowest BCUT2D eigenvalue weighted by Crippen LogP contribution is -2.40. The molecule has 0 aromatic heterocycles. The highest BCUT2D eigenvalue weighted by atomic mass is 16.3. The van der Waals surface area contributed by atoms with Gasteiger partial charge >= 0.3 is 0 Å². The number of rotatable bonds is 3. The van der Waals surface area contributed by atoms with Gasteiger partial charge in [-0.25, -0.2) is 0 Å². The van der Waals surface area contributed by atoms with Crippen LogP contribution in [0.5, 0.6) is 5.75 Å². The van der Waals surface area contributed by atoms with E-state index in [0.717, 1.165) is 5.92 Å². The van der Waals surface area contributed by atoms with Gasteiger partial charge < -0.3 is 5.11 Å². The van der Waals surface area contributed by atoms with Gasteiger partial charge in [0.2, 0.25) is 0 Å². The highest BCUT2D eigenvalue weighted by Crippen LogP contribution is 2.32. The maximum Gasteiger partial charge on any atom is 0.115 e. The molecule has 3 atom stereocenters. The Morgan fingerprint density at radius 3 is 2.39 bits per heavy atom. The van der Waals surface area contributed by atoms with Crippen LogP contribution in [0.15, 0.2) is 24.3 Å². The number of phenolic OH excluding ortho intramolecular Hbond substituents is 1. The highest BCUT2D eigenvalue weighted by molar-refractivity contribution is 5.27. The molecule has 1 aromatic rings. The second-order valence-corrected chi connectivity index (χ2v) is 5.76. The minimum Gasteiger partial charge on any atom is -0.508 e. The van der Waals surface area contributed by atoms with E-state index < -0.39 is 0 Å². The van der Waals surface area contributed by atoms with Crippen LogP contribution in [0.1, 0.15) is 51.1 Å². The topological polar surface area (TPSA) is 23.5 Å². The van der Waals surface area contributed by atoms with Crippen molar-refractivity contribution < 1.29 is 5.11 Å². The summed E-state index contributed by atoms with van der Waals surface area (Å²) < 4.78 is 0. The van der Waals surface area contributed by atoms with E-state index in [9.17, 15) is 5.11 Å². The molecular formula is C16H25NO. The molecule has 0 spiro atoms. The van der Waals surface area contributed by atoms with Gasteiger partial charge in [0.15, 0.2) is 0 Å². The number of nitrogens with zero attached hydrogens (tertiary/aromatic N) is 1. The van der Waals surface area contributed by atoms with Gasteiger partial charge in [-0.2, -0.15) is 0 Å². The monoisotopic (exact) mass is 247 g/mol. The van der Waals surface area contributed by atoms with Gasteiger partial charge in [-0.05, 0) is 50.4 Å². The second kappa shape index (κ2) is 5.75. The van der Waals surface area contributed by atoms with Crippen LogP contribution in [0, 0.1) is 5.92 Å². The number of phenols is 1. The van der Waals surface area contributed by atoms with Crippen molar-refractivity contribution in [3.8, 4) is 5.75 Å². The third-order valence-electron chi connectivity index (χ3n) is 4.58. The molecule has 2 nitrogen and oxygen atoms in total. The van der Waals surface area contributed by atoms with E-state index in [-0.39, 0.29) is 0 Å². The Morgan fingerprint density at radius 1 is 1.17 bits per heavy atom. The van der Waals surface area contributed by atoms with Crippen LogP contribution in [-0.4, -0.2) is 23.1 Å². The van der Waals surface area contributed by atoms with Crippen LogP contribution < -0.4 is 0 Å². The van der Waals surface area contributed by atoms with Crippen molar-refractivity contribution in [1.82, 2.24) is 4.90 Å². The summed E-state index contributed by atoms with van der Waals surface area (Å²) in [5.74, 6) is 1.14. The molecule has 0 radical (unpaired) electrons. The second-order valence-electron chi connectivity index (χ2n) is 5.76. The lowest BCUT2D eigenvalue weighted by atomic mass is 9.84. The van der Waals surface area contributed by atoms with Crippen molar-refractivity contribution >= 4 is 0 Å². The summed E-state index contributed by atoms with van der Waals surface area (Å²) >= 11 is 0. The molecule has 0 amide bonds. The minimum absolute atomic E-state index is 0.347. The number of hydrogen-bond acceptors (Lipinski definition) is 2. The maximum absolute atomic E-state index is 9.35. The molecule has 1 aliphatic rings. The Hall–Kier alpha value is -1.02. The molecule has 1 fully saturated rings. The maximum atomic E-state index is 9.35. The first-order valence-corrected chi connectivity index (χ1v) is 7.10. The Balaban J connectivity index is 2.07. The molecule has 0 heterocycles. The molecule has 1 aliphatic carbocycles. The van der Waals surface area contributed by atoms with E-state index >= 15 is 0 Å². The van der Waals surface area contributed by atoms with Crippen LogP contribution in [0.2, 0.25) is 0 Å². The lowest BCUT2D eigenvalue weighted by Gasteiger charge is -2.39. The van der Waals surface area contributed by atoms with Crippen molar-refractivity contribution in [3.63, 3.8) is 0 Å². The molecular weight excluding hydrogens is 222 g/mol. The van der Waals surface area contributed by atoms with Gasteiger partial charge in [-0.15, -0.1) is 0 Å². The Bertz CT molecular complexity index is 373. The normalized spacial score (nSPS) is 26.2. The summed E-state index contributed by atoms with van der Waals surface area (Å²) in [4.78, 5) is 2.51. The molecule has 18 heavy (non-hydrogen) atoms. The summed E-state index contributed by atoms with van der Waals surface area (Å²) in [6, 6.07) is 8.74. The quantitative estimate of drug-likeness (QED) is 0.873. The zero-order valence-corrected chi connectivity index (χ0v) is 11.8. The standard InChI is InChI=1S/C16H25NO/c1-12-6-4-5-7-16(12)17(3)13(2)14-8-10-15(18)11-9-14/h8-13,16,18H,4-7H2,1-3H3. The van der Waals surface area contributed by atoms with Crippen LogP contribution in [0.4, 0.5) is 0 Å². The van der Waals surface area contributed by atoms with Crippen molar-refractivity contribution in [2.45, 2.75) is 51.6 Å². The molecule has 1 saturated carbocycles. The third kappa shape index (κ3) is 2.86. The molecule has 2 rings (SSSR count). The number of aromatic hydroxyl groups is 1. The van der Waals surface area contributed by atoms with Crippen molar-refractivity contribution in [3.05, 3.63) is 29.8 Å². The average molecular weight is 247 g/mol. The van der Waals surface area contributed by atoms with Gasteiger partial charge in [0.25, 0.3) is 0 Å². The molecule has 0 bridgehead atoms. The average Bonchev–Trinajstić information content (AvgIpc) is 2.38. The van der Waals surface area contributed by atoms with E-state index in [2.05, 4.69) is 25.8 Å². The first-order valence-electron chi connectivity index (χ1n) is 7.10. The number of hydrogen-bond donors (Lipinski definition) is 1. The fraction of sp³-hybridized carbons (Fsp3) is 0.625. The van der Waals surface area contributed by atoms with E-state index in [1.165, 1.54) is 31.2 Å². The molecule has 1 aromatic carbocycles. The Morgan fingerprint density at radius 2 is 1.78 bits per heavy atom. The first-order chi connectivity index (χ1) is 8.59. The third-order valence-corrected chi connectivity index (χ3v) is 4.58. The van der Waals surface area contributed by atoms with Crippen molar-refractivity contribution in [2.75, 3.05) is 7.05 Å². The van der Waals surface area contributed by atoms with Crippen LogP contribution in [0.25, 0.3) is 0 Å². The molecule has 2 heteroatoms. The van der Waals surface area contributed by atoms with Gasteiger partial charge in [0, 0.05) is 12.1 Å². The van der Waals surface area contributed by atoms with E-state index in [1.54, 1.807) is 12.1 Å². The van der Waals surface area contributed by atoms with Gasteiger partial charge in [-0.1, -0.05) is 31.9 Å². The highest BCUT2D eigenvalue weighted by Gasteiger charge is 2.27. The summed E-state index contributed by atoms with van der Waals surface area (Å²) in [6.45, 7) is 4.64. The fourth-order valence-corrected chi connectivity index (χ4v) is 3.18. The zero-order valence-electron chi connectivity index (χ0n) is 11.8. The Labute approximate surface area is 111 Å². The summed E-state index contributed by atoms with van der Waals surface area (Å²) in [7, 11) is 2.24. The predicted molar refractivity (Wildman–Crippen MR) is 75.7 cm³/mol. The van der Waals surface area contributed by atoms with Gasteiger partial charge in [0.05, 0.1) is 0 Å². The van der Waals surface area contributed by atoms with Crippen LogP contribution in [0.3, 0.4) is 0 Å². The van der Waals surface area contributed by atoms with E-state index in [4.69, 9.17) is 0 Å². The fourth-order valence-electron chi connectivity index (χ4n) is 3.18. The zero-order chi connectivity index (χ0) is 13.1. The largest absolute Gasteiger partial charge is 0.508 e. The summed E-state index contributed by atoms with van der Waals surface area (Å²) in [5, 5.41) is 9.35. The van der Waals surface area contributed by atoms with Gasteiger partial charge in [-0.3, -0.25) is 4.90 Å². The predicted octanol–water partition coefficient (Wildman–Crippen LogP) is 3.96. The SMILES string of the molecule is CC1CCCCC1N(C)C(C)c1ccc(O)cc1. The Kier molecular flexibility index (Phi) is 4.28. The van der Waals surface area contributed by atoms with Crippen molar-refractivity contribution in [2.24, 2.45) is 5.92 Å². The smallest absolute Gasteiger partial charge is 0.115 e. The van der Waals surface area contributed by atoms with E-state index in [1.807, 2.05) is 12.1 Å².